The lowest BCUT2D eigenvalue weighted by atomic mass is 10.1. The number of fused-ring (bicyclic) bond motifs is 1. The molecule has 4 rings (SSSR count). The lowest BCUT2D eigenvalue weighted by Gasteiger charge is -2.13. The molecule has 0 fully saturated rings. The van der Waals surface area contributed by atoms with Gasteiger partial charge >= 0.3 is 0 Å². The van der Waals surface area contributed by atoms with Crippen molar-refractivity contribution < 1.29 is 9.59 Å². The van der Waals surface area contributed by atoms with Gasteiger partial charge in [0.2, 0.25) is 11.8 Å². The molecule has 0 aliphatic heterocycles. The van der Waals surface area contributed by atoms with Crippen LogP contribution in [-0.2, 0) is 16.0 Å². The van der Waals surface area contributed by atoms with Crippen molar-refractivity contribution in [3.63, 3.8) is 0 Å². The fourth-order valence-corrected chi connectivity index (χ4v) is 4.37. The Morgan fingerprint density at radius 3 is 2.21 bits per heavy atom. The predicted octanol–water partition coefficient (Wildman–Crippen LogP) is 6.79. The van der Waals surface area contributed by atoms with Crippen LogP contribution in [0.15, 0.2) is 95.9 Å². The summed E-state index contributed by atoms with van der Waals surface area (Å²) in [6.45, 7) is 1.88. The molecule has 33 heavy (non-hydrogen) atoms. The van der Waals surface area contributed by atoms with Gasteiger partial charge in [-0.05, 0) is 71.8 Å². The van der Waals surface area contributed by atoms with Gasteiger partial charge in [0.25, 0.3) is 0 Å². The topological polar surface area (TPSA) is 58.2 Å². The first kappa shape index (κ1) is 22.9. The number of rotatable bonds is 7. The normalized spacial score (nSPS) is 11.7. The van der Waals surface area contributed by atoms with E-state index in [4.69, 9.17) is 11.6 Å². The average Bonchev–Trinajstić information content (AvgIpc) is 2.81. The fraction of sp³-hybridized carbons (Fsp3) is 0.111. The van der Waals surface area contributed by atoms with E-state index in [0.29, 0.717) is 10.7 Å². The van der Waals surface area contributed by atoms with Crippen molar-refractivity contribution in [2.75, 3.05) is 10.6 Å². The molecular weight excluding hydrogens is 452 g/mol. The first-order valence-corrected chi connectivity index (χ1v) is 11.8. The predicted molar refractivity (Wildman–Crippen MR) is 138 cm³/mol. The number of carbonyl (C=O) groups is 2. The number of hydrogen-bond acceptors (Lipinski definition) is 3. The molecule has 0 aromatic heterocycles. The van der Waals surface area contributed by atoms with Gasteiger partial charge in [0.1, 0.15) is 0 Å². The summed E-state index contributed by atoms with van der Waals surface area (Å²) >= 11 is 7.35. The molecule has 4 nitrogen and oxygen atoms in total. The number of thioether (sulfide) groups is 1. The monoisotopic (exact) mass is 474 g/mol. The highest BCUT2D eigenvalue weighted by atomic mass is 35.5. The lowest BCUT2D eigenvalue weighted by molar-refractivity contribution is -0.116. The first-order valence-electron chi connectivity index (χ1n) is 10.6. The Morgan fingerprint density at radius 2 is 1.48 bits per heavy atom. The van der Waals surface area contributed by atoms with Crippen LogP contribution in [0.3, 0.4) is 0 Å². The largest absolute Gasteiger partial charge is 0.326 e. The molecule has 2 amide bonds. The van der Waals surface area contributed by atoms with E-state index in [2.05, 4.69) is 10.6 Å². The van der Waals surface area contributed by atoms with E-state index in [1.54, 1.807) is 12.1 Å². The first-order chi connectivity index (χ1) is 16.0. The Labute approximate surface area is 202 Å². The Hall–Kier alpha value is -3.28. The number of anilines is 2. The van der Waals surface area contributed by atoms with Gasteiger partial charge in [-0.1, -0.05) is 54.1 Å². The van der Waals surface area contributed by atoms with Gasteiger partial charge < -0.3 is 10.6 Å². The zero-order chi connectivity index (χ0) is 23.2. The summed E-state index contributed by atoms with van der Waals surface area (Å²) in [5.74, 6) is -0.156. The molecule has 6 heteroatoms. The van der Waals surface area contributed by atoms with Gasteiger partial charge in [0.15, 0.2) is 0 Å². The van der Waals surface area contributed by atoms with E-state index < -0.39 is 0 Å². The van der Waals surface area contributed by atoms with Gasteiger partial charge in [0, 0.05) is 21.3 Å². The Morgan fingerprint density at radius 1 is 0.818 bits per heavy atom. The number of hydrogen-bond donors (Lipinski definition) is 2. The van der Waals surface area contributed by atoms with Gasteiger partial charge in [-0.25, -0.2) is 0 Å². The lowest BCUT2D eigenvalue weighted by Crippen LogP contribution is -2.22. The average molecular weight is 475 g/mol. The second kappa shape index (κ2) is 10.6. The van der Waals surface area contributed by atoms with Crippen LogP contribution in [0, 0.1) is 0 Å². The number of nitrogens with one attached hydrogen (secondary N) is 2. The third-order valence-corrected chi connectivity index (χ3v) is 6.48. The number of benzene rings is 4. The minimum Gasteiger partial charge on any atom is -0.326 e. The molecule has 1 atom stereocenters. The zero-order valence-corrected chi connectivity index (χ0v) is 19.6. The van der Waals surface area contributed by atoms with Crippen molar-refractivity contribution in [1.29, 1.82) is 0 Å². The Bertz CT molecular complexity index is 1270. The highest BCUT2D eigenvalue weighted by Crippen LogP contribution is 2.26. The molecule has 0 saturated heterocycles. The molecule has 0 bridgehead atoms. The third kappa shape index (κ3) is 6.37. The van der Waals surface area contributed by atoms with Gasteiger partial charge in [0.05, 0.1) is 11.7 Å². The number of amides is 2. The second-order valence-corrected chi connectivity index (χ2v) is 9.54. The van der Waals surface area contributed by atoms with Crippen LogP contribution in [0.2, 0.25) is 5.02 Å². The third-order valence-electron chi connectivity index (χ3n) is 5.12. The molecule has 4 aromatic carbocycles. The summed E-state index contributed by atoms with van der Waals surface area (Å²) in [6, 6.07) is 28.7. The summed E-state index contributed by atoms with van der Waals surface area (Å²) in [5.41, 5.74) is 2.40. The smallest absolute Gasteiger partial charge is 0.237 e. The molecule has 2 N–H and O–H groups in total. The fourth-order valence-electron chi connectivity index (χ4n) is 3.38. The molecule has 0 aliphatic carbocycles. The van der Waals surface area contributed by atoms with Crippen LogP contribution in [0.5, 0.6) is 0 Å². The quantitative estimate of drug-likeness (QED) is 0.290. The van der Waals surface area contributed by atoms with Gasteiger partial charge in [-0.3, -0.25) is 9.59 Å². The van der Waals surface area contributed by atoms with Crippen molar-refractivity contribution in [2.24, 2.45) is 0 Å². The molecule has 0 aliphatic rings. The molecule has 4 aromatic rings. The van der Waals surface area contributed by atoms with Crippen molar-refractivity contribution in [2.45, 2.75) is 23.5 Å². The van der Waals surface area contributed by atoms with Crippen LogP contribution in [-0.4, -0.2) is 17.1 Å². The van der Waals surface area contributed by atoms with Crippen molar-refractivity contribution >= 4 is 57.3 Å². The number of halogens is 1. The van der Waals surface area contributed by atoms with E-state index in [9.17, 15) is 9.59 Å². The molecule has 0 spiro atoms. The van der Waals surface area contributed by atoms with E-state index in [1.807, 2.05) is 85.8 Å². The summed E-state index contributed by atoms with van der Waals surface area (Å²) in [4.78, 5) is 25.9. The maximum atomic E-state index is 12.7. The van der Waals surface area contributed by atoms with Crippen LogP contribution >= 0.6 is 23.4 Å². The minimum atomic E-state index is -0.276. The summed E-state index contributed by atoms with van der Waals surface area (Å²) in [5, 5.41) is 8.48. The Balaban J connectivity index is 1.30. The molecule has 1 unspecified atom stereocenters. The van der Waals surface area contributed by atoms with E-state index >= 15 is 0 Å². The van der Waals surface area contributed by atoms with E-state index in [0.717, 1.165) is 26.9 Å². The number of carbonyl (C=O) groups excluding carboxylic acids is 2. The van der Waals surface area contributed by atoms with Crippen molar-refractivity contribution in [1.82, 2.24) is 0 Å². The molecule has 0 heterocycles. The minimum absolute atomic E-state index is 0.0596. The van der Waals surface area contributed by atoms with Crippen LogP contribution in [0.1, 0.15) is 12.5 Å². The SMILES string of the molecule is CC(Sc1ccc(NC(=O)Cc2ccc(Cl)cc2)cc1)C(=O)Nc1ccc2ccccc2c1. The summed E-state index contributed by atoms with van der Waals surface area (Å²) in [7, 11) is 0. The van der Waals surface area contributed by atoms with Gasteiger partial charge in [-0.15, -0.1) is 11.8 Å². The maximum Gasteiger partial charge on any atom is 0.237 e. The molecule has 0 radical (unpaired) electrons. The van der Waals surface area contributed by atoms with Crippen molar-refractivity contribution in [3.05, 3.63) is 102 Å². The van der Waals surface area contributed by atoms with Crippen LogP contribution in [0.4, 0.5) is 11.4 Å². The molecule has 166 valence electrons. The van der Waals surface area contributed by atoms with Crippen LogP contribution in [0.25, 0.3) is 10.8 Å². The van der Waals surface area contributed by atoms with E-state index in [1.165, 1.54) is 11.8 Å². The molecular formula is C27H23ClN2O2S. The van der Waals surface area contributed by atoms with Crippen molar-refractivity contribution in [3.8, 4) is 0 Å². The highest BCUT2D eigenvalue weighted by Gasteiger charge is 2.15. The summed E-state index contributed by atoms with van der Waals surface area (Å²) in [6.07, 6.45) is 0.277. The second-order valence-electron chi connectivity index (χ2n) is 7.69. The summed E-state index contributed by atoms with van der Waals surface area (Å²) < 4.78 is 0. The maximum absolute atomic E-state index is 12.7. The van der Waals surface area contributed by atoms with Crippen LogP contribution < -0.4 is 10.6 Å². The zero-order valence-electron chi connectivity index (χ0n) is 18.0. The van der Waals surface area contributed by atoms with Gasteiger partial charge in [-0.2, -0.15) is 0 Å². The standard InChI is InChI=1S/C27H23ClN2O2S/c1-18(27(32)30-24-11-8-20-4-2-3-5-21(20)17-24)33-25-14-12-23(13-15-25)29-26(31)16-19-6-9-22(28)10-7-19/h2-15,17-18H,16H2,1H3,(H,29,31)(H,30,32). The Kier molecular flexibility index (Phi) is 7.33. The molecule has 0 saturated carbocycles. The van der Waals surface area contributed by atoms with E-state index in [-0.39, 0.29) is 23.5 Å². The highest BCUT2D eigenvalue weighted by molar-refractivity contribution is 8.00.